The van der Waals surface area contributed by atoms with E-state index in [0.29, 0.717) is 0 Å². The summed E-state index contributed by atoms with van der Waals surface area (Å²) in [5, 5.41) is 0. The summed E-state index contributed by atoms with van der Waals surface area (Å²) in [7, 11) is -9.83. The molecule has 0 atom stereocenters. The predicted molar refractivity (Wildman–Crippen MR) is 50.0 cm³/mol. The fraction of sp³-hybridized carbons (Fsp3) is 0. The second-order valence-electron chi connectivity index (χ2n) is 0.856. The molecule has 0 fully saturated rings. The third-order valence-corrected chi connectivity index (χ3v) is 0. The summed E-state index contributed by atoms with van der Waals surface area (Å²) in [4.78, 5) is 0. The van der Waals surface area contributed by atoms with Crippen molar-refractivity contribution in [2.45, 2.75) is 0 Å². The maximum atomic E-state index is 8.74. The Balaban J connectivity index is -0.00000000762. The van der Waals surface area contributed by atoms with E-state index in [9.17, 15) is 0 Å². The van der Waals surface area contributed by atoms with Crippen LogP contribution in [0.3, 0.4) is 0 Å². The molecule has 0 aromatic carbocycles. The molecule has 17 heteroatoms. The van der Waals surface area contributed by atoms with Crippen LogP contribution in [-0.2, 0) is 37.9 Å². The van der Waals surface area contributed by atoms with Gasteiger partial charge in [-0.2, -0.15) is 8.42 Å². The molecule has 0 heterocycles. The zero-order valence-corrected chi connectivity index (χ0v) is 10.8. The van der Waals surface area contributed by atoms with E-state index in [1.54, 1.807) is 0 Å². The van der Waals surface area contributed by atoms with Gasteiger partial charge in [0.1, 0.15) is 0 Å². The fourth-order valence-electron chi connectivity index (χ4n) is 0. The largest absolute Gasteiger partial charge is 2.00 e. The van der Waals surface area contributed by atoms with Gasteiger partial charge in [0.15, 0.2) is 0 Å². The molecule has 0 aliphatic heterocycles. The Morgan fingerprint density at radius 2 is 0.706 bits per heavy atom. The molecule has 0 bridgehead atoms. The van der Waals surface area contributed by atoms with Crippen LogP contribution in [0.15, 0.2) is 0 Å². The number of halogens is 1. The molecule has 0 spiro atoms. The summed E-state index contributed by atoms with van der Waals surface area (Å²) in [6, 6.07) is 0. The van der Waals surface area contributed by atoms with Crippen LogP contribution in [0.25, 0.3) is 0 Å². The average Bonchev–Trinajstić information content (AvgIpc) is 1.12. The van der Waals surface area contributed by atoms with Crippen LogP contribution in [0.2, 0.25) is 0 Å². The van der Waals surface area contributed by atoms with Crippen molar-refractivity contribution in [2.75, 3.05) is 0 Å². The Labute approximate surface area is 113 Å². The summed E-state index contributed by atoms with van der Waals surface area (Å²) < 4.78 is 65.7. The van der Waals surface area contributed by atoms with Gasteiger partial charge in [-0.05, 0) is 0 Å². The molecular formula is H13ClCuO13S2. The first-order valence-electron chi connectivity index (χ1n) is 1.37. The van der Waals surface area contributed by atoms with Gasteiger partial charge in [0.05, 0.1) is 0 Å². The molecule has 13 nitrogen and oxygen atoms in total. The number of hydrogen-bond donors (Lipinski definition) is 2. The normalized spacial score (nSPS) is 6.82. The van der Waals surface area contributed by atoms with E-state index in [0.717, 1.165) is 0 Å². The van der Waals surface area contributed by atoms with Crippen LogP contribution in [0.1, 0.15) is 0 Å². The minimum absolute atomic E-state index is 0. The molecule has 121 valence electrons. The molecule has 0 unspecified atom stereocenters. The summed E-state index contributed by atoms with van der Waals surface area (Å²) in [6.45, 7) is 0. The fourth-order valence-corrected chi connectivity index (χ4v) is 0. The first-order valence-corrected chi connectivity index (χ1v) is 4.10. The summed E-state index contributed by atoms with van der Waals surface area (Å²) >= 11 is 0. The van der Waals surface area contributed by atoms with E-state index in [4.69, 9.17) is 35.0 Å². The smallest absolute Gasteiger partial charge is 0.759 e. The van der Waals surface area contributed by atoms with Gasteiger partial charge in [-0.1, -0.05) is 0 Å². The molecule has 0 rings (SSSR count). The molecule has 0 amide bonds. The topological polar surface area (TPSA) is 312 Å². The van der Waals surface area contributed by atoms with E-state index in [2.05, 4.69) is 0 Å². The standard InChI is InChI=1S/ClH.Cu.2H2O4S.5H2O/c;;2*1-5(2,3)4;;;;;/h1H;;2*(H2,1,2,3,4);5*1H2/q;+2;;;;;;;/p-2. The second-order valence-corrected chi connectivity index (χ2v) is 2.57. The Morgan fingerprint density at radius 1 is 0.706 bits per heavy atom. The van der Waals surface area contributed by atoms with Crippen molar-refractivity contribution in [3.8, 4) is 0 Å². The minimum atomic E-state index is -5.17. The molecule has 1 radical (unpaired) electrons. The third-order valence-electron chi connectivity index (χ3n) is 0. The van der Waals surface area contributed by atoms with E-state index in [1.165, 1.54) is 0 Å². The zero-order chi connectivity index (χ0) is 9.00. The van der Waals surface area contributed by atoms with Gasteiger partial charge in [-0.15, -0.1) is 12.4 Å². The van der Waals surface area contributed by atoms with Crippen LogP contribution < -0.4 is 0 Å². The van der Waals surface area contributed by atoms with Gasteiger partial charge >= 0.3 is 27.5 Å². The van der Waals surface area contributed by atoms with Gasteiger partial charge in [0.25, 0.3) is 0 Å². The summed E-state index contributed by atoms with van der Waals surface area (Å²) in [6.07, 6.45) is 0. The molecule has 0 aromatic heterocycles. The molecule has 0 saturated heterocycles. The number of hydrogen-bond acceptors (Lipinski definition) is 6. The van der Waals surface area contributed by atoms with Crippen molar-refractivity contribution in [3.63, 3.8) is 0 Å². The van der Waals surface area contributed by atoms with Crippen LogP contribution in [0, 0.1) is 0 Å². The van der Waals surface area contributed by atoms with Crippen LogP contribution in [0.4, 0.5) is 0 Å². The minimum Gasteiger partial charge on any atom is -0.759 e. The Hall–Kier alpha value is 0.349. The van der Waals surface area contributed by atoms with Crippen molar-refractivity contribution in [1.29, 1.82) is 0 Å². The predicted octanol–water partition coefficient (Wildman–Crippen LogP) is -5.69. The van der Waals surface area contributed by atoms with E-state index in [-0.39, 0.29) is 56.9 Å². The maximum Gasteiger partial charge on any atom is 2.00 e. The van der Waals surface area contributed by atoms with E-state index in [1.807, 2.05) is 0 Å². The number of rotatable bonds is 0. The first-order chi connectivity index (χ1) is 4.00. The van der Waals surface area contributed by atoms with Crippen molar-refractivity contribution >= 4 is 33.2 Å². The van der Waals surface area contributed by atoms with Crippen LogP contribution in [-0.4, -0.2) is 62.4 Å². The van der Waals surface area contributed by atoms with Gasteiger partial charge in [-0.25, -0.2) is 0 Å². The summed E-state index contributed by atoms with van der Waals surface area (Å²) in [5.41, 5.74) is 0. The van der Waals surface area contributed by atoms with Crippen molar-refractivity contribution < 1.29 is 79.5 Å². The Bertz CT molecular complexity index is 216. The maximum absolute atomic E-state index is 8.74. The molecular weight excluding hydrogens is 371 g/mol. The molecule has 0 saturated carbocycles. The third kappa shape index (κ3) is 27600. The molecule has 17 heavy (non-hydrogen) atoms. The summed E-state index contributed by atoms with van der Waals surface area (Å²) in [5.74, 6) is 0. The molecule has 12 N–H and O–H groups in total. The molecule has 0 aliphatic rings. The van der Waals surface area contributed by atoms with Crippen LogP contribution >= 0.6 is 12.4 Å². The van der Waals surface area contributed by atoms with Crippen molar-refractivity contribution in [2.24, 2.45) is 0 Å². The average molecular weight is 384 g/mol. The van der Waals surface area contributed by atoms with Gasteiger partial charge in [-0.3, -0.25) is 17.5 Å². The van der Waals surface area contributed by atoms with Crippen LogP contribution in [0.5, 0.6) is 0 Å². The Kier molecular flexibility index (Phi) is 98.8. The van der Waals surface area contributed by atoms with E-state index < -0.39 is 20.8 Å². The van der Waals surface area contributed by atoms with Gasteiger partial charge in [0, 0.05) is 10.4 Å². The van der Waals surface area contributed by atoms with Gasteiger partial charge < -0.3 is 36.5 Å². The quantitative estimate of drug-likeness (QED) is 0.229. The van der Waals surface area contributed by atoms with Crippen molar-refractivity contribution in [1.82, 2.24) is 0 Å². The Morgan fingerprint density at radius 3 is 0.706 bits per heavy atom. The second kappa shape index (κ2) is 25.3. The zero-order valence-electron chi connectivity index (χ0n) is 7.37. The molecule has 0 aliphatic carbocycles. The monoisotopic (exact) mass is 383 g/mol. The molecule has 0 aromatic rings. The SMILES string of the molecule is Cl.O.O.O.O.O.O=S(=O)(O)O.O=S(=O)([O-])[O-].[Cu+2]. The van der Waals surface area contributed by atoms with Gasteiger partial charge in [0.2, 0.25) is 0 Å². The first kappa shape index (κ1) is 66.5. The van der Waals surface area contributed by atoms with E-state index >= 15 is 0 Å². The van der Waals surface area contributed by atoms with Crippen molar-refractivity contribution in [3.05, 3.63) is 0 Å².